The van der Waals surface area contributed by atoms with Crippen LogP contribution >= 0.6 is 0 Å². The van der Waals surface area contributed by atoms with Crippen LogP contribution < -0.4 is 5.69 Å². The zero-order valence-corrected chi connectivity index (χ0v) is 24.3. The summed E-state index contributed by atoms with van der Waals surface area (Å²) in [6, 6.07) is 48.1. The van der Waals surface area contributed by atoms with Crippen LogP contribution in [0.15, 0.2) is 149 Å². The van der Waals surface area contributed by atoms with Crippen molar-refractivity contribution in [2.45, 2.75) is 0 Å². The van der Waals surface area contributed by atoms with E-state index in [0.29, 0.717) is 11.5 Å². The van der Waals surface area contributed by atoms with Crippen molar-refractivity contribution in [2.24, 2.45) is 0 Å². The minimum atomic E-state index is -0.598. The van der Waals surface area contributed by atoms with Gasteiger partial charge in [0.15, 0.2) is 5.58 Å². The topological polar surface area (TPSA) is 70.3 Å². The second-order valence-electron chi connectivity index (χ2n) is 11.5. The Morgan fingerprint density at radius 1 is 0.478 bits per heavy atom. The standard InChI is InChI=1S/C39H23N5O2/c45-37-40-38(44-35-16-8-9-17-36(35)46-39(44)41-37)43-32-15-7-5-13-28(32)30-23-25(19-21-34(30)43)24-18-20-33-29(22-24)27-12-4-6-14-31(27)42(33)26-10-2-1-3-11-26/h1-23H. The molecule has 0 unspecified atom stereocenters. The molecular weight excluding hydrogens is 570 g/mol. The van der Waals surface area contributed by atoms with Gasteiger partial charge in [-0.15, -0.1) is 4.98 Å². The van der Waals surface area contributed by atoms with Crippen LogP contribution in [0, 0.1) is 0 Å². The summed E-state index contributed by atoms with van der Waals surface area (Å²) >= 11 is 0. The van der Waals surface area contributed by atoms with E-state index >= 15 is 0 Å². The van der Waals surface area contributed by atoms with Crippen LogP contribution in [0.1, 0.15) is 0 Å². The Balaban J connectivity index is 1.22. The maximum Gasteiger partial charge on any atom is 0.374 e. The molecule has 4 aromatic heterocycles. The van der Waals surface area contributed by atoms with Gasteiger partial charge in [-0.05, 0) is 71.8 Å². The molecule has 0 amide bonds. The molecule has 0 aliphatic rings. The lowest BCUT2D eigenvalue weighted by atomic mass is 10.0. The van der Waals surface area contributed by atoms with E-state index in [1.807, 2.05) is 51.4 Å². The summed E-state index contributed by atoms with van der Waals surface area (Å²) in [4.78, 5) is 21.3. The van der Waals surface area contributed by atoms with Crippen LogP contribution in [0.2, 0.25) is 0 Å². The first-order valence-corrected chi connectivity index (χ1v) is 15.1. The van der Waals surface area contributed by atoms with E-state index in [9.17, 15) is 4.79 Å². The first kappa shape index (κ1) is 24.9. The summed E-state index contributed by atoms with van der Waals surface area (Å²) in [7, 11) is 0. The first-order chi connectivity index (χ1) is 22.7. The molecule has 0 saturated heterocycles. The van der Waals surface area contributed by atoms with Crippen LogP contribution in [0.25, 0.3) is 83.3 Å². The average Bonchev–Trinajstić information content (AvgIpc) is 3.75. The lowest BCUT2D eigenvalue weighted by molar-refractivity contribution is 0.626. The van der Waals surface area contributed by atoms with Crippen molar-refractivity contribution in [3.05, 3.63) is 150 Å². The Bertz CT molecular complexity index is 2890. The fourth-order valence-corrected chi connectivity index (χ4v) is 7.01. The van der Waals surface area contributed by atoms with Gasteiger partial charge in [0.1, 0.15) is 0 Å². The summed E-state index contributed by atoms with van der Waals surface area (Å²) in [5, 5.41) is 4.54. The van der Waals surface area contributed by atoms with Gasteiger partial charge in [0.05, 0.1) is 27.6 Å². The molecule has 7 nitrogen and oxygen atoms in total. The van der Waals surface area contributed by atoms with E-state index in [0.717, 1.165) is 44.1 Å². The Morgan fingerprint density at radius 3 is 1.72 bits per heavy atom. The highest BCUT2D eigenvalue weighted by Crippen LogP contribution is 2.38. The molecule has 0 spiro atoms. The van der Waals surface area contributed by atoms with E-state index in [2.05, 4.69) is 112 Å². The largest absolute Gasteiger partial charge is 0.423 e. The van der Waals surface area contributed by atoms with E-state index in [1.165, 1.54) is 21.8 Å². The fourth-order valence-electron chi connectivity index (χ4n) is 7.01. The summed E-state index contributed by atoms with van der Waals surface area (Å²) in [6.45, 7) is 0. The zero-order valence-electron chi connectivity index (χ0n) is 24.3. The lowest BCUT2D eigenvalue weighted by Crippen LogP contribution is -2.18. The highest BCUT2D eigenvalue weighted by molar-refractivity contribution is 6.12. The van der Waals surface area contributed by atoms with Gasteiger partial charge in [-0.25, -0.2) is 9.20 Å². The molecule has 216 valence electrons. The number of hydrogen-bond donors (Lipinski definition) is 0. The average molecular weight is 594 g/mol. The van der Waals surface area contributed by atoms with E-state index in [1.54, 1.807) is 0 Å². The van der Waals surface area contributed by atoms with E-state index in [4.69, 9.17) is 4.42 Å². The minimum absolute atomic E-state index is 0.210. The van der Waals surface area contributed by atoms with Crippen molar-refractivity contribution < 1.29 is 4.42 Å². The number of fused-ring (bicyclic) bond motifs is 9. The maximum atomic E-state index is 12.8. The number of aromatic nitrogens is 5. The number of para-hydroxylation sites is 5. The van der Waals surface area contributed by atoms with Gasteiger partial charge in [-0.3, -0.25) is 4.57 Å². The first-order valence-electron chi connectivity index (χ1n) is 15.1. The predicted octanol–water partition coefficient (Wildman–Crippen LogP) is 8.70. The Kier molecular flexibility index (Phi) is 5.02. The predicted molar refractivity (Wildman–Crippen MR) is 183 cm³/mol. The number of oxazole rings is 1. The lowest BCUT2D eigenvalue weighted by Gasteiger charge is -2.09. The molecule has 0 N–H and O–H groups in total. The summed E-state index contributed by atoms with van der Waals surface area (Å²) in [6.07, 6.45) is 0. The quantitative estimate of drug-likeness (QED) is 0.205. The second kappa shape index (κ2) is 9.27. The van der Waals surface area contributed by atoms with Gasteiger partial charge >= 0.3 is 11.5 Å². The highest BCUT2D eigenvalue weighted by Gasteiger charge is 2.20. The van der Waals surface area contributed by atoms with Gasteiger partial charge in [0, 0.05) is 27.2 Å². The number of benzene rings is 6. The van der Waals surface area contributed by atoms with E-state index < -0.39 is 5.69 Å². The fraction of sp³-hybridized carbons (Fsp3) is 0. The maximum absolute atomic E-state index is 12.8. The molecule has 46 heavy (non-hydrogen) atoms. The summed E-state index contributed by atoms with van der Waals surface area (Å²) in [5.41, 5.74) is 8.41. The SMILES string of the molecule is O=c1nc(-n2c3ccccc3c3cc(-c4ccc5c(c4)c4ccccc4n5-c4ccccc4)ccc32)n2c(n1)oc1ccccc12. The van der Waals surface area contributed by atoms with Crippen LogP contribution in [-0.4, -0.2) is 23.5 Å². The molecule has 0 aliphatic carbocycles. The molecule has 0 saturated carbocycles. The number of nitrogens with zero attached hydrogens (tertiary/aromatic N) is 5. The third kappa shape index (κ3) is 3.45. The molecule has 4 heterocycles. The molecule has 0 radical (unpaired) electrons. The van der Waals surface area contributed by atoms with Crippen molar-refractivity contribution in [1.82, 2.24) is 23.5 Å². The molecule has 10 rings (SSSR count). The van der Waals surface area contributed by atoms with Crippen molar-refractivity contribution in [3.8, 4) is 22.8 Å². The molecule has 6 aromatic carbocycles. The zero-order chi connectivity index (χ0) is 30.4. The van der Waals surface area contributed by atoms with Crippen molar-refractivity contribution in [3.63, 3.8) is 0 Å². The van der Waals surface area contributed by atoms with Crippen molar-refractivity contribution in [2.75, 3.05) is 0 Å². The molecule has 0 bridgehead atoms. The summed E-state index contributed by atoms with van der Waals surface area (Å²) < 4.78 is 12.1. The monoisotopic (exact) mass is 593 g/mol. The third-order valence-electron chi connectivity index (χ3n) is 8.98. The van der Waals surface area contributed by atoms with Gasteiger partial charge in [-0.1, -0.05) is 78.9 Å². The molecule has 0 fully saturated rings. The Morgan fingerprint density at radius 2 is 1.02 bits per heavy atom. The van der Waals surface area contributed by atoms with E-state index in [-0.39, 0.29) is 5.84 Å². The van der Waals surface area contributed by atoms with Crippen molar-refractivity contribution in [1.29, 1.82) is 0 Å². The highest BCUT2D eigenvalue weighted by atomic mass is 16.4. The van der Waals surface area contributed by atoms with Crippen LogP contribution in [0.3, 0.4) is 0 Å². The molecule has 0 atom stereocenters. The molecule has 10 aromatic rings. The van der Waals surface area contributed by atoms with Gasteiger partial charge in [-0.2, -0.15) is 4.98 Å². The third-order valence-corrected chi connectivity index (χ3v) is 8.98. The van der Waals surface area contributed by atoms with Crippen LogP contribution in [0.4, 0.5) is 0 Å². The van der Waals surface area contributed by atoms with Gasteiger partial charge < -0.3 is 8.98 Å². The molecule has 0 aliphatic heterocycles. The Labute approximate surface area is 260 Å². The van der Waals surface area contributed by atoms with Crippen LogP contribution in [-0.2, 0) is 0 Å². The van der Waals surface area contributed by atoms with Gasteiger partial charge in [0.25, 0.3) is 0 Å². The summed E-state index contributed by atoms with van der Waals surface area (Å²) in [5.74, 6) is 0.649. The number of hydrogen-bond acceptors (Lipinski definition) is 4. The molecule has 7 heteroatoms. The Hall–Kier alpha value is -6.47. The second-order valence-corrected chi connectivity index (χ2v) is 11.5. The normalized spacial score (nSPS) is 12.0. The minimum Gasteiger partial charge on any atom is -0.423 e. The van der Waals surface area contributed by atoms with Crippen molar-refractivity contribution >= 4 is 60.6 Å². The number of rotatable bonds is 3. The molecular formula is C39H23N5O2. The van der Waals surface area contributed by atoms with Crippen LogP contribution in [0.5, 0.6) is 0 Å². The van der Waals surface area contributed by atoms with Gasteiger partial charge in [0.2, 0.25) is 5.95 Å². The smallest absolute Gasteiger partial charge is 0.374 e.